The number of carbonyl (C=O) groups is 3. The molecule has 10 nitrogen and oxygen atoms in total. The molecule has 1 aliphatic rings. The SMILES string of the molecule is CCOC(=O)C(C=NC1CC[C@@H](C(=O)N(C)C)N1C(=O)OCc1ccccc1)=C(O)c1cccnc1Cl. The molecule has 1 fully saturated rings. The van der Waals surface area contributed by atoms with Gasteiger partial charge in [-0.15, -0.1) is 0 Å². The molecule has 0 saturated carbocycles. The smallest absolute Gasteiger partial charge is 0.412 e. The number of aliphatic hydroxyl groups excluding tert-OH is 1. The van der Waals surface area contributed by atoms with Crippen molar-refractivity contribution in [2.75, 3.05) is 20.7 Å². The zero-order valence-corrected chi connectivity index (χ0v) is 21.6. The number of esters is 1. The molecule has 3 rings (SSSR count). The van der Waals surface area contributed by atoms with E-state index in [1.54, 1.807) is 27.1 Å². The summed E-state index contributed by atoms with van der Waals surface area (Å²) in [6.45, 7) is 1.70. The van der Waals surface area contributed by atoms with Crippen molar-refractivity contribution in [3.05, 3.63) is 70.5 Å². The molecule has 2 heterocycles. The van der Waals surface area contributed by atoms with Crippen LogP contribution in [0, 0.1) is 0 Å². The summed E-state index contributed by atoms with van der Waals surface area (Å²) in [6, 6.07) is 11.4. The third-order valence-corrected chi connectivity index (χ3v) is 5.94. The highest BCUT2D eigenvalue weighted by molar-refractivity contribution is 6.31. The van der Waals surface area contributed by atoms with E-state index < -0.39 is 30.0 Å². The number of likely N-dealkylation sites (N-methyl/N-ethyl adjacent to an activating group) is 1. The Hall–Kier alpha value is -3.92. The van der Waals surface area contributed by atoms with Crippen LogP contribution in [0.5, 0.6) is 0 Å². The van der Waals surface area contributed by atoms with Crippen molar-refractivity contribution in [3.63, 3.8) is 0 Å². The molecule has 1 unspecified atom stereocenters. The van der Waals surface area contributed by atoms with Gasteiger partial charge >= 0.3 is 12.1 Å². The van der Waals surface area contributed by atoms with Crippen LogP contribution in [-0.4, -0.2) is 77.0 Å². The van der Waals surface area contributed by atoms with E-state index in [4.69, 9.17) is 21.1 Å². The summed E-state index contributed by atoms with van der Waals surface area (Å²) in [7, 11) is 3.20. The second kappa shape index (κ2) is 12.9. The minimum atomic E-state index is -0.833. The minimum Gasteiger partial charge on any atom is -0.506 e. The molecule has 2 aromatic rings. The fourth-order valence-corrected chi connectivity index (χ4v) is 4.02. The summed E-state index contributed by atoms with van der Waals surface area (Å²) >= 11 is 6.09. The van der Waals surface area contributed by atoms with Crippen molar-refractivity contribution in [1.29, 1.82) is 0 Å². The van der Waals surface area contributed by atoms with Gasteiger partial charge in [0.15, 0.2) is 0 Å². The van der Waals surface area contributed by atoms with E-state index in [1.807, 2.05) is 30.3 Å². The van der Waals surface area contributed by atoms with Crippen molar-refractivity contribution in [2.45, 2.75) is 38.6 Å². The minimum absolute atomic E-state index is 0.0150. The maximum absolute atomic E-state index is 13.1. The third-order valence-electron chi connectivity index (χ3n) is 5.64. The van der Waals surface area contributed by atoms with Crippen LogP contribution in [0.25, 0.3) is 5.76 Å². The van der Waals surface area contributed by atoms with Crippen LogP contribution in [0.3, 0.4) is 0 Å². The first-order valence-electron chi connectivity index (χ1n) is 11.7. The Morgan fingerprint density at radius 2 is 1.89 bits per heavy atom. The predicted molar refractivity (Wildman–Crippen MR) is 138 cm³/mol. The summed E-state index contributed by atoms with van der Waals surface area (Å²) in [5, 5.41) is 10.8. The van der Waals surface area contributed by atoms with Crippen LogP contribution in [0.1, 0.15) is 30.9 Å². The first-order valence-corrected chi connectivity index (χ1v) is 12.1. The summed E-state index contributed by atoms with van der Waals surface area (Å²) in [4.78, 5) is 49.6. The largest absolute Gasteiger partial charge is 0.506 e. The molecule has 2 amide bonds. The van der Waals surface area contributed by atoms with Gasteiger partial charge in [-0.2, -0.15) is 0 Å². The van der Waals surface area contributed by atoms with Crippen LogP contribution >= 0.6 is 11.6 Å². The van der Waals surface area contributed by atoms with E-state index in [-0.39, 0.29) is 35.4 Å². The number of rotatable bonds is 8. The topological polar surface area (TPSA) is 122 Å². The van der Waals surface area contributed by atoms with Crippen molar-refractivity contribution in [1.82, 2.24) is 14.8 Å². The fraction of sp³-hybridized carbons (Fsp3) is 0.346. The number of likely N-dealkylation sites (tertiary alicyclic amines) is 1. The number of hydrogen-bond donors (Lipinski definition) is 1. The average molecular weight is 529 g/mol. The number of amides is 2. The molecule has 0 spiro atoms. The summed E-state index contributed by atoms with van der Waals surface area (Å²) in [6.07, 6.45) is 1.71. The van der Waals surface area contributed by atoms with Crippen molar-refractivity contribution in [2.24, 2.45) is 4.99 Å². The van der Waals surface area contributed by atoms with E-state index in [1.165, 1.54) is 22.1 Å². The molecule has 37 heavy (non-hydrogen) atoms. The lowest BCUT2D eigenvalue weighted by molar-refractivity contribution is -0.138. The number of carbonyl (C=O) groups excluding carboxylic acids is 3. The first kappa shape index (κ1) is 27.7. The zero-order chi connectivity index (χ0) is 26.9. The third kappa shape index (κ3) is 6.85. The molecule has 1 aromatic heterocycles. The number of pyridine rings is 1. The van der Waals surface area contributed by atoms with Gasteiger partial charge in [-0.05, 0) is 37.5 Å². The van der Waals surface area contributed by atoms with Crippen molar-refractivity contribution >= 4 is 41.5 Å². The Labute approximate surface area is 220 Å². The standard InChI is InChI=1S/C26H29ClN4O6/c1-4-36-25(34)19(22(32)18-11-8-14-28-23(18)27)15-29-21-13-12-20(24(33)30(2)3)31(21)26(35)37-16-17-9-6-5-7-10-17/h5-11,14-15,20-21,32H,4,12-13,16H2,1-3H3/t20-,21?/m0/s1. The van der Waals surface area contributed by atoms with Crippen LogP contribution in [0.15, 0.2) is 59.2 Å². The number of nitrogens with zero attached hydrogens (tertiary/aromatic N) is 4. The monoisotopic (exact) mass is 528 g/mol. The number of aliphatic imine (C=N–C) groups is 1. The van der Waals surface area contributed by atoms with Crippen molar-refractivity contribution < 1.29 is 29.0 Å². The van der Waals surface area contributed by atoms with E-state index in [0.29, 0.717) is 12.8 Å². The highest BCUT2D eigenvalue weighted by atomic mass is 35.5. The Kier molecular flexibility index (Phi) is 9.62. The van der Waals surface area contributed by atoms with Gasteiger partial charge in [-0.3, -0.25) is 14.7 Å². The molecule has 1 aliphatic heterocycles. The Bertz CT molecular complexity index is 1180. The maximum atomic E-state index is 13.1. The highest BCUT2D eigenvalue weighted by Gasteiger charge is 2.42. The molecule has 1 aromatic carbocycles. The lowest BCUT2D eigenvalue weighted by Crippen LogP contribution is -2.48. The number of aliphatic hydroxyl groups is 1. The second-order valence-corrected chi connectivity index (χ2v) is 8.71. The molecule has 2 atom stereocenters. The number of benzene rings is 1. The quantitative estimate of drug-likeness (QED) is 0.181. The van der Waals surface area contributed by atoms with Crippen LogP contribution < -0.4 is 0 Å². The number of ether oxygens (including phenoxy) is 2. The van der Waals surface area contributed by atoms with Crippen molar-refractivity contribution in [3.8, 4) is 0 Å². The summed E-state index contributed by atoms with van der Waals surface area (Å²) in [5.41, 5.74) is 0.637. The van der Waals surface area contributed by atoms with E-state index in [2.05, 4.69) is 9.98 Å². The second-order valence-electron chi connectivity index (χ2n) is 8.36. The van der Waals surface area contributed by atoms with Crippen LogP contribution in [0.4, 0.5) is 4.79 Å². The molecular weight excluding hydrogens is 500 g/mol. The molecule has 0 radical (unpaired) electrons. The first-order chi connectivity index (χ1) is 17.7. The predicted octanol–water partition coefficient (Wildman–Crippen LogP) is 3.85. The van der Waals surface area contributed by atoms with E-state index >= 15 is 0 Å². The Morgan fingerprint density at radius 3 is 2.54 bits per heavy atom. The van der Waals surface area contributed by atoms with Gasteiger partial charge in [-0.1, -0.05) is 41.9 Å². The van der Waals surface area contributed by atoms with Gasteiger partial charge in [0.1, 0.15) is 35.3 Å². The average Bonchev–Trinajstić information content (AvgIpc) is 3.31. The molecular formula is C26H29ClN4O6. The van der Waals surface area contributed by atoms with Crippen LogP contribution in [-0.2, 0) is 25.7 Å². The van der Waals surface area contributed by atoms with Crippen LogP contribution in [0.2, 0.25) is 5.15 Å². The molecule has 1 saturated heterocycles. The number of halogens is 1. The number of hydrogen-bond acceptors (Lipinski definition) is 8. The molecule has 0 aliphatic carbocycles. The fourth-order valence-electron chi connectivity index (χ4n) is 3.81. The molecule has 196 valence electrons. The Morgan fingerprint density at radius 1 is 1.16 bits per heavy atom. The molecule has 0 bridgehead atoms. The van der Waals surface area contributed by atoms with Gasteiger partial charge in [0.25, 0.3) is 0 Å². The Balaban J connectivity index is 1.92. The maximum Gasteiger partial charge on any atom is 0.412 e. The summed E-state index contributed by atoms with van der Waals surface area (Å²) < 4.78 is 10.6. The highest BCUT2D eigenvalue weighted by Crippen LogP contribution is 2.28. The zero-order valence-electron chi connectivity index (χ0n) is 20.8. The van der Waals surface area contributed by atoms with E-state index in [9.17, 15) is 19.5 Å². The lowest BCUT2D eigenvalue weighted by Gasteiger charge is -2.28. The normalized spacial score (nSPS) is 17.9. The van der Waals surface area contributed by atoms with Gasteiger partial charge in [0.2, 0.25) is 5.91 Å². The molecule has 1 N–H and O–H groups in total. The van der Waals surface area contributed by atoms with Gasteiger partial charge in [0.05, 0.1) is 12.2 Å². The van der Waals surface area contributed by atoms with Gasteiger partial charge in [-0.25, -0.2) is 14.6 Å². The lowest BCUT2D eigenvalue weighted by atomic mass is 10.1. The number of aromatic nitrogens is 1. The summed E-state index contributed by atoms with van der Waals surface area (Å²) in [5.74, 6) is -1.58. The van der Waals surface area contributed by atoms with Gasteiger partial charge in [0, 0.05) is 26.5 Å². The molecule has 11 heteroatoms. The van der Waals surface area contributed by atoms with E-state index in [0.717, 1.165) is 11.8 Å². The van der Waals surface area contributed by atoms with Gasteiger partial charge < -0.3 is 19.5 Å².